The number of carboxylic acid groups (broad SMARTS) is 2. The van der Waals surface area contributed by atoms with E-state index < -0.39 is 23.9 Å². The molecule has 240 valence electrons. The van der Waals surface area contributed by atoms with Gasteiger partial charge >= 0.3 is 11.9 Å². The van der Waals surface area contributed by atoms with Gasteiger partial charge in [0.25, 0.3) is 11.5 Å². The van der Waals surface area contributed by atoms with E-state index in [1.54, 1.807) is 19.2 Å². The number of carbonyl (C=O) groups is 3. The van der Waals surface area contributed by atoms with Gasteiger partial charge < -0.3 is 53.5 Å². The summed E-state index contributed by atoms with van der Waals surface area (Å²) in [5.41, 5.74) is 13.4. The topological polar surface area (TPSA) is 292 Å². The van der Waals surface area contributed by atoms with Crippen molar-refractivity contribution in [3.63, 3.8) is 0 Å². The molecule has 0 saturated heterocycles. The van der Waals surface area contributed by atoms with Gasteiger partial charge in [-0.25, -0.2) is 4.79 Å². The van der Waals surface area contributed by atoms with E-state index in [2.05, 4.69) is 25.9 Å². The first-order valence-electron chi connectivity index (χ1n) is 13.2. The monoisotopic (exact) mass is 616 g/mol. The summed E-state index contributed by atoms with van der Waals surface area (Å²) in [5, 5.41) is 26.6. The zero-order valence-electron chi connectivity index (χ0n) is 24.3. The van der Waals surface area contributed by atoms with Gasteiger partial charge in [0.15, 0.2) is 5.82 Å². The first-order valence-corrected chi connectivity index (χ1v) is 13.2. The smallest absolute Gasteiger partial charge is 0.326 e. The Hall–Kier alpha value is -5.19. The molecule has 16 heteroatoms. The minimum absolute atomic E-state index is 0. The Morgan fingerprint density at radius 1 is 1.09 bits per heavy atom. The molecule has 0 saturated carbocycles. The summed E-state index contributed by atoms with van der Waals surface area (Å²) in [6.07, 6.45) is -0.586. The SMILES string of the molecule is CN1c2c(nc(N)[nH]c2=O)NC[C@@H]1CNc1ccc(C(=O)NC(CCC(=O)O)C(=O)O)cc1.C[C@H](N)c1ccccc1.O.O. The lowest BCUT2D eigenvalue weighted by Gasteiger charge is -2.35. The highest BCUT2D eigenvalue weighted by Crippen LogP contribution is 2.25. The first kappa shape index (κ1) is 36.8. The summed E-state index contributed by atoms with van der Waals surface area (Å²) in [6, 6.07) is 15.2. The molecule has 1 aliphatic heterocycles. The van der Waals surface area contributed by atoms with Crippen LogP contribution in [0.25, 0.3) is 0 Å². The van der Waals surface area contributed by atoms with Crippen LogP contribution in [-0.4, -0.2) is 81.2 Å². The quantitative estimate of drug-likeness (QED) is 0.147. The van der Waals surface area contributed by atoms with Crippen molar-refractivity contribution in [2.45, 2.75) is 37.9 Å². The van der Waals surface area contributed by atoms with Crippen molar-refractivity contribution < 1.29 is 35.5 Å². The number of carbonyl (C=O) groups excluding carboxylic acids is 1. The van der Waals surface area contributed by atoms with Crippen molar-refractivity contribution in [1.29, 1.82) is 0 Å². The van der Waals surface area contributed by atoms with E-state index >= 15 is 0 Å². The predicted molar refractivity (Wildman–Crippen MR) is 167 cm³/mol. The van der Waals surface area contributed by atoms with Crippen molar-refractivity contribution in [3.05, 3.63) is 76.1 Å². The molecular formula is C28H40N8O8. The molecule has 14 N–H and O–H groups in total. The predicted octanol–water partition coefficient (Wildman–Crippen LogP) is -0.201. The second-order valence-corrected chi connectivity index (χ2v) is 9.75. The van der Waals surface area contributed by atoms with E-state index in [1.807, 2.05) is 42.2 Å². The molecule has 0 spiro atoms. The molecule has 0 bridgehead atoms. The third kappa shape index (κ3) is 10.3. The summed E-state index contributed by atoms with van der Waals surface area (Å²) < 4.78 is 0. The highest BCUT2D eigenvalue weighted by Gasteiger charge is 2.27. The van der Waals surface area contributed by atoms with Gasteiger partial charge in [-0.3, -0.25) is 19.4 Å². The molecule has 0 fully saturated rings. The van der Waals surface area contributed by atoms with Gasteiger partial charge in [-0.1, -0.05) is 30.3 Å². The zero-order valence-corrected chi connectivity index (χ0v) is 24.3. The van der Waals surface area contributed by atoms with Crippen LogP contribution in [0.1, 0.15) is 41.7 Å². The maximum absolute atomic E-state index is 12.3. The van der Waals surface area contributed by atoms with Gasteiger partial charge in [0.2, 0.25) is 5.95 Å². The van der Waals surface area contributed by atoms with Crippen LogP contribution in [0, 0.1) is 0 Å². The van der Waals surface area contributed by atoms with Gasteiger partial charge in [0.05, 0.1) is 6.04 Å². The largest absolute Gasteiger partial charge is 0.481 e. The van der Waals surface area contributed by atoms with Crippen molar-refractivity contribution in [2.75, 3.05) is 41.4 Å². The number of hydrogen-bond donors (Lipinski definition) is 8. The van der Waals surface area contributed by atoms with E-state index in [0.717, 1.165) is 5.69 Å². The molecular weight excluding hydrogens is 576 g/mol. The molecule has 0 aliphatic carbocycles. The van der Waals surface area contributed by atoms with Crippen LogP contribution in [0.15, 0.2) is 59.4 Å². The fraction of sp³-hybridized carbons (Fsp3) is 0.321. The molecule has 1 amide bonds. The van der Waals surface area contributed by atoms with Gasteiger partial charge in [0.1, 0.15) is 11.7 Å². The molecule has 1 aliphatic rings. The number of carboxylic acids is 2. The lowest BCUT2D eigenvalue weighted by atomic mass is 10.1. The number of fused-ring (bicyclic) bond motifs is 1. The van der Waals surface area contributed by atoms with Crippen molar-refractivity contribution in [2.24, 2.45) is 5.73 Å². The Morgan fingerprint density at radius 3 is 2.27 bits per heavy atom. The molecule has 3 aromatic rings. The van der Waals surface area contributed by atoms with Gasteiger partial charge in [-0.15, -0.1) is 0 Å². The number of H-pyrrole nitrogens is 1. The fourth-order valence-electron chi connectivity index (χ4n) is 4.18. The Bertz CT molecular complexity index is 1430. The normalized spacial score (nSPS) is 14.4. The number of aliphatic carboxylic acids is 2. The summed E-state index contributed by atoms with van der Waals surface area (Å²) in [5.74, 6) is -2.59. The number of nitrogens with zero attached hydrogens (tertiary/aromatic N) is 2. The lowest BCUT2D eigenvalue weighted by Crippen LogP contribution is -2.48. The Morgan fingerprint density at radius 2 is 1.73 bits per heavy atom. The maximum Gasteiger partial charge on any atom is 0.326 e. The molecule has 4 rings (SSSR count). The number of nitrogen functional groups attached to an aromatic ring is 1. The number of aromatic nitrogens is 2. The van der Waals surface area contributed by atoms with Crippen LogP contribution in [0.2, 0.25) is 0 Å². The van der Waals surface area contributed by atoms with E-state index in [1.165, 1.54) is 17.7 Å². The molecule has 1 aromatic heterocycles. The Labute approximate surface area is 253 Å². The average molecular weight is 617 g/mol. The van der Waals surface area contributed by atoms with E-state index in [9.17, 15) is 24.3 Å². The van der Waals surface area contributed by atoms with E-state index in [4.69, 9.17) is 16.6 Å². The van der Waals surface area contributed by atoms with Gasteiger partial charge in [-0.05, 0) is 43.2 Å². The molecule has 2 heterocycles. The van der Waals surface area contributed by atoms with E-state index in [0.29, 0.717) is 24.6 Å². The number of anilines is 4. The second-order valence-electron chi connectivity index (χ2n) is 9.75. The summed E-state index contributed by atoms with van der Waals surface area (Å²) >= 11 is 0. The Kier molecular flexibility index (Phi) is 14.3. The molecule has 3 atom stereocenters. The van der Waals surface area contributed by atoms with Crippen LogP contribution in [0.3, 0.4) is 0 Å². The van der Waals surface area contributed by atoms with Gasteiger partial charge in [-0.2, -0.15) is 4.98 Å². The van der Waals surface area contributed by atoms with Crippen LogP contribution in [0.4, 0.5) is 23.1 Å². The minimum Gasteiger partial charge on any atom is -0.481 e. The van der Waals surface area contributed by atoms with Crippen LogP contribution < -0.4 is 37.9 Å². The number of nitrogens with one attached hydrogen (secondary N) is 4. The Balaban J connectivity index is 0.000000757. The first-order chi connectivity index (χ1) is 20.0. The number of likely N-dealkylation sites (N-methyl/N-ethyl adjacent to an activating group) is 1. The number of rotatable bonds is 10. The fourth-order valence-corrected chi connectivity index (χ4v) is 4.18. The number of aromatic amines is 1. The second kappa shape index (κ2) is 17.1. The van der Waals surface area contributed by atoms with Crippen LogP contribution >= 0.6 is 0 Å². The highest BCUT2D eigenvalue weighted by atomic mass is 16.4. The van der Waals surface area contributed by atoms with Crippen LogP contribution in [-0.2, 0) is 9.59 Å². The molecule has 2 aromatic carbocycles. The van der Waals surface area contributed by atoms with E-state index in [-0.39, 0.29) is 52.9 Å². The highest BCUT2D eigenvalue weighted by molar-refractivity contribution is 5.97. The zero-order chi connectivity index (χ0) is 30.8. The third-order valence-electron chi connectivity index (χ3n) is 6.58. The number of benzene rings is 2. The molecule has 16 nitrogen and oxygen atoms in total. The summed E-state index contributed by atoms with van der Waals surface area (Å²) in [7, 11) is 1.79. The molecule has 44 heavy (non-hydrogen) atoms. The van der Waals surface area contributed by atoms with Gasteiger partial charge in [0, 0.05) is 43.9 Å². The minimum atomic E-state index is -1.30. The van der Waals surface area contributed by atoms with Crippen molar-refractivity contribution in [3.8, 4) is 0 Å². The average Bonchev–Trinajstić information content (AvgIpc) is 2.95. The summed E-state index contributed by atoms with van der Waals surface area (Å²) in [6.45, 7) is 2.99. The van der Waals surface area contributed by atoms with Crippen LogP contribution in [0.5, 0.6) is 0 Å². The number of nitrogens with two attached hydrogens (primary N) is 2. The maximum atomic E-state index is 12.3. The molecule has 1 unspecified atom stereocenters. The van der Waals surface area contributed by atoms with Crippen molar-refractivity contribution in [1.82, 2.24) is 15.3 Å². The standard InChI is InChI=1S/C20H25N7O6.C8H11N.2H2O/c1-27-12(9-23-16-15(27)18(31)26-20(21)25-16)8-22-11-4-2-10(3-5-11)17(30)24-13(19(32)33)6-7-14(28)29;1-7(9)8-5-3-2-4-6-8;;/h2-5,12-13,22H,6-9H2,1H3,(H,24,30)(H,28,29)(H,32,33)(H4,21,23,25,26,31);2-7H,9H2,1H3;2*1H2/t12-,13?;7-;;/m00../s1. The third-order valence-corrected chi connectivity index (χ3v) is 6.58. The number of hydrogen-bond acceptors (Lipinski definition) is 10. The number of amides is 1. The van der Waals surface area contributed by atoms with Crippen molar-refractivity contribution >= 4 is 41.0 Å². The summed E-state index contributed by atoms with van der Waals surface area (Å²) in [4.78, 5) is 54.9. The molecule has 0 radical (unpaired) electrons. The lowest BCUT2D eigenvalue weighted by molar-refractivity contribution is -0.140.